The molecule has 29 heavy (non-hydrogen) atoms. The minimum Gasteiger partial charge on any atom is -0.439 e. The third-order valence-corrected chi connectivity index (χ3v) is 4.64. The molecule has 0 saturated carbocycles. The molecule has 3 rings (SSSR count). The van der Waals surface area contributed by atoms with Crippen LogP contribution in [0.15, 0.2) is 42.6 Å². The predicted octanol–water partition coefficient (Wildman–Crippen LogP) is 4.55. The van der Waals surface area contributed by atoms with Gasteiger partial charge in [0.2, 0.25) is 5.88 Å². The molecule has 1 aliphatic rings. The van der Waals surface area contributed by atoms with E-state index in [1.165, 1.54) is 0 Å². The van der Waals surface area contributed by atoms with E-state index in [1.807, 2.05) is 11.8 Å². The summed E-state index contributed by atoms with van der Waals surface area (Å²) in [5.74, 6) is 0.670. The maximum atomic E-state index is 12.6. The number of amides is 1. The lowest BCUT2D eigenvalue weighted by Crippen LogP contribution is -2.34. The number of likely N-dealkylation sites (tertiary alicyclic amines) is 1. The number of benzene rings is 1. The van der Waals surface area contributed by atoms with Crippen molar-refractivity contribution in [3.8, 4) is 11.6 Å². The maximum Gasteiger partial charge on any atom is 0.417 e. The van der Waals surface area contributed by atoms with E-state index in [9.17, 15) is 18.0 Å². The van der Waals surface area contributed by atoms with Crippen LogP contribution < -0.4 is 10.5 Å². The molecular weight excluding hydrogens is 430 g/mol. The molecule has 5 nitrogen and oxygen atoms in total. The molecule has 1 aromatic heterocycles. The van der Waals surface area contributed by atoms with Crippen molar-refractivity contribution < 1.29 is 22.7 Å². The molecule has 2 N–H and O–H groups in total. The van der Waals surface area contributed by atoms with Crippen molar-refractivity contribution in [3.63, 3.8) is 0 Å². The number of hydrogen-bond donors (Lipinski definition) is 1. The number of aromatic nitrogens is 1. The second-order valence-electron chi connectivity index (χ2n) is 6.65. The van der Waals surface area contributed by atoms with Gasteiger partial charge >= 0.3 is 6.18 Å². The summed E-state index contributed by atoms with van der Waals surface area (Å²) in [5.41, 5.74) is 5.38. The largest absolute Gasteiger partial charge is 0.439 e. The number of ether oxygens (including phenoxy) is 1. The summed E-state index contributed by atoms with van der Waals surface area (Å²) in [5, 5.41) is 0. The van der Waals surface area contributed by atoms with Crippen molar-refractivity contribution in [1.82, 2.24) is 9.88 Å². The molecule has 2 aromatic rings. The number of nitrogens with two attached hydrogens (primary N) is 1. The van der Waals surface area contributed by atoms with Gasteiger partial charge in [-0.1, -0.05) is 0 Å². The summed E-state index contributed by atoms with van der Waals surface area (Å²) in [6.07, 6.45) is -2.83. The summed E-state index contributed by atoms with van der Waals surface area (Å²) < 4.78 is 43.1. The molecular formula is C19H22Cl2F3N3O2. The highest BCUT2D eigenvalue weighted by Gasteiger charge is 2.32. The Morgan fingerprint density at radius 3 is 2.34 bits per heavy atom. The molecule has 160 valence electrons. The van der Waals surface area contributed by atoms with Gasteiger partial charge in [0.1, 0.15) is 5.75 Å². The highest BCUT2D eigenvalue weighted by molar-refractivity contribution is 5.94. The zero-order chi connectivity index (χ0) is 19.6. The number of halogens is 5. The molecule has 1 aromatic carbocycles. The molecule has 0 aliphatic carbocycles. The zero-order valence-corrected chi connectivity index (χ0v) is 17.2. The Morgan fingerprint density at radius 2 is 1.86 bits per heavy atom. The number of alkyl halides is 3. The van der Waals surface area contributed by atoms with E-state index in [0.29, 0.717) is 30.3 Å². The van der Waals surface area contributed by atoms with Crippen LogP contribution in [-0.2, 0) is 6.18 Å². The SMILES string of the molecule is CC1CC(CN)CN1C(=O)c1ccc(Oc2ccc(C(F)(F)F)cn2)cc1.Cl.Cl. The Labute approximate surface area is 179 Å². The third kappa shape index (κ3) is 5.98. The van der Waals surface area contributed by atoms with Crippen LogP contribution in [0.2, 0.25) is 0 Å². The summed E-state index contributed by atoms with van der Waals surface area (Å²) in [4.78, 5) is 18.1. The van der Waals surface area contributed by atoms with Crippen LogP contribution in [0, 0.1) is 5.92 Å². The van der Waals surface area contributed by atoms with Gasteiger partial charge < -0.3 is 15.4 Å². The van der Waals surface area contributed by atoms with Gasteiger partial charge in [-0.3, -0.25) is 4.79 Å². The zero-order valence-electron chi connectivity index (χ0n) is 15.6. The Hall–Kier alpha value is -2.03. The monoisotopic (exact) mass is 451 g/mol. The van der Waals surface area contributed by atoms with Crippen LogP contribution in [0.3, 0.4) is 0 Å². The van der Waals surface area contributed by atoms with Crippen molar-refractivity contribution >= 4 is 30.7 Å². The van der Waals surface area contributed by atoms with E-state index in [0.717, 1.165) is 24.8 Å². The van der Waals surface area contributed by atoms with Crippen LogP contribution in [0.1, 0.15) is 29.3 Å². The number of rotatable bonds is 4. The summed E-state index contributed by atoms with van der Waals surface area (Å²) in [7, 11) is 0. The smallest absolute Gasteiger partial charge is 0.417 e. The maximum absolute atomic E-state index is 12.6. The first-order chi connectivity index (χ1) is 12.8. The first-order valence-electron chi connectivity index (χ1n) is 8.60. The van der Waals surface area contributed by atoms with Crippen molar-refractivity contribution in [3.05, 3.63) is 53.7 Å². The summed E-state index contributed by atoms with van der Waals surface area (Å²) in [6, 6.07) is 8.64. The first kappa shape index (κ1) is 25.0. The van der Waals surface area contributed by atoms with Crippen molar-refractivity contribution in [2.24, 2.45) is 11.7 Å². The molecule has 1 fully saturated rings. The fourth-order valence-electron chi connectivity index (χ4n) is 3.16. The van der Waals surface area contributed by atoms with Gasteiger partial charge in [-0.15, -0.1) is 24.8 Å². The van der Waals surface area contributed by atoms with Crippen LogP contribution in [0.25, 0.3) is 0 Å². The van der Waals surface area contributed by atoms with Crippen LogP contribution in [0.5, 0.6) is 11.6 Å². The molecule has 10 heteroatoms. The van der Waals surface area contributed by atoms with Gasteiger partial charge in [-0.05, 0) is 56.1 Å². The minimum absolute atomic E-state index is 0. The lowest BCUT2D eigenvalue weighted by Gasteiger charge is -2.21. The van der Waals surface area contributed by atoms with E-state index in [-0.39, 0.29) is 42.6 Å². The third-order valence-electron chi connectivity index (χ3n) is 4.64. The lowest BCUT2D eigenvalue weighted by atomic mass is 10.1. The number of hydrogen-bond acceptors (Lipinski definition) is 4. The van der Waals surface area contributed by atoms with Gasteiger partial charge in [0, 0.05) is 30.4 Å². The molecule has 2 atom stereocenters. The van der Waals surface area contributed by atoms with E-state index < -0.39 is 11.7 Å². The van der Waals surface area contributed by atoms with E-state index >= 15 is 0 Å². The summed E-state index contributed by atoms with van der Waals surface area (Å²) >= 11 is 0. The molecule has 0 spiro atoms. The quantitative estimate of drug-likeness (QED) is 0.740. The topological polar surface area (TPSA) is 68.5 Å². The van der Waals surface area contributed by atoms with Gasteiger partial charge in [0.25, 0.3) is 5.91 Å². The van der Waals surface area contributed by atoms with Gasteiger partial charge in [0.05, 0.1) is 5.56 Å². The Balaban J connectivity index is 0.00000210. The summed E-state index contributed by atoms with van der Waals surface area (Å²) in [6.45, 7) is 3.20. The van der Waals surface area contributed by atoms with Gasteiger partial charge in [0.15, 0.2) is 0 Å². The van der Waals surface area contributed by atoms with Crippen LogP contribution >= 0.6 is 24.8 Å². The molecule has 1 saturated heterocycles. The normalized spacial score (nSPS) is 18.6. The Bertz CT molecular complexity index is 802. The predicted molar refractivity (Wildman–Crippen MR) is 108 cm³/mol. The second-order valence-corrected chi connectivity index (χ2v) is 6.65. The highest BCUT2D eigenvalue weighted by Crippen LogP contribution is 2.30. The highest BCUT2D eigenvalue weighted by atomic mass is 35.5. The number of nitrogens with zero attached hydrogens (tertiary/aromatic N) is 2. The van der Waals surface area contributed by atoms with E-state index in [2.05, 4.69) is 4.98 Å². The number of carbonyl (C=O) groups excluding carboxylic acids is 1. The number of carbonyl (C=O) groups is 1. The van der Waals surface area contributed by atoms with Crippen LogP contribution in [0.4, 0.5) is 13.2 Å². The second kappa shape index (κ2) is 10.1. The molecule has 1 aliphatic heterocycles. The standard InChI is InChI=1S/C19H20F3N3O2.2ClH/c1-12-8-13(9-23)11-25(12)18(26)14-2-5-16(6-3-14)27-17-7-4-15(10-24-17)19(20,21)22;;/h2-7,10,12-13H,8-9,11,23H2,1H3;2*1H. The Kier molecular flexibility index (Phi) is 8.74. The minimum atomic E-state index is -4.44. The average Bonchev–Trinajstić information content (AvgIpc) is 3.02. The average molecular weight is 452 g/mol. The van der Waals surface area contributed by atoms with Crippen molar-refractivity contribution in [2.75, 3.05) is 13.1 Å². The fraction of sp³-hybridized carbons (Fsp3) is 0.368. The first-order valence-corrected chi connectivity index (χ1v) is 8.60. The van der Waals surface area contributed by atoms with Crippen molar-refractivity contribution in [2.45, 2.75) is 25.6 Å². The molecule has 2 unspecified atom stereocenters. The Morgan fingerprint density at radius 1 is 1.21 bits per heavy atom. The molecule has 1 amide bonds. The van der Waals surface area contributed by atoms with Gasteiger partial charge in [-0.2, -0.15) is 13.2 Å². The molecule has 0 radical (unpaired) electrons. The van der Waals surface area contributed by atoms with Gasteiger partial charge in [-0.25, -0.2) is 4.98 Å². The van der Waals surface area contributed by atoms with E-state index in [1.54, 1.807) is 24.3 Å². The fourth-order valence-corrected chi connectivity index (χ4v) is 3.16. The van der Waals surface area contributed by atoms with Crippen LogP contribution in [-0.4, -0.2) is 34.9 Å². The number of pyridine rings is 1. The van der Waals surface area contributed by atoms with E-state index in [4.69, 9.17) is 10.5 Å². The molecule has 2 heterocycles. The van der Waals surface area contributed by atoms with Crippen molar-refractivity contribution in [1.29, 1.82) is 0 Å². The lowest BCUT2D eigenvalue weighted by molar-refractivity contribution is -0.137. The molecule has 0 bridgehead atoms.